The van der Waals surface area contributed by atoms with Crippen LogP contribution in [0.5, 0.6) is 17.2 Å². The van der Waals surface area contributed by atoms with Gasteiger partial charge in [-0.15, -0.1) is 0 Å². The van der Waals surface area contributed by atoms with Gasteiger partial charge >= 0.3 is 12.4 Å². The number of alkyl halides is 6. The minimum atomic E-state index is -5.83. The molecular weight excluding hydrogens is 550 g/mol. The lowest BCUT2D eigenvalue weighted by Gasteiger charge is -2.38. The zero-order chi connectivity index (χ0) is 30.2. The number of aryl methyl sites for hydroxylation is 1. The van der Waals surface area contributed by atoms with Crippen molar-refractivity contribution in [2.45, 2.75) is 24.7 Å². The second-order valence-electron chi connectivity index (χ2n) is 9.28. The monoisotopic (exact) mass is 574 g/mol. The van der Waals surface area contributed by atoms with E-state index in [2.05, 4.69) is 0 Å². The highest BCUT2D eigenvalue weighted by Gasteiger charge is 2.72. The maximum absolute atomic E-state index is 14.5. The third-order valence-corrected chi connectivity index (χ3v) is 6.61. The summed E-state index contributed by atoms with van der Waals surface area (Å²) in [6, 6.07) is 17.1. The molecule has 0 saturated carbocycles. The van der Waals surface area contributed by atoms with E-state index in [1.165, 1.54) is 31.4 Å². The van der Waals surface area contributed by atoms with E-state index in [9.17, 15) is 31.1 Å². The fourth-order valence-corrected chi connectivity index (χ4v) is 4.50. The highest BCUT2D eigenvalue weighted by atomic mass is 19.4. The molecule has 0 aliphatic heterocycles. The number of hydrogen-bond acceptors (Lipinski definition) is 5. The van der Waals surface area contributed by atoms with Gasteiger partial charge in [0.05, 0.1) is 18.5 Å². The summed E-state index contributed by atoms with van der Waals surface area (Å²) in [5, 5.41) is 0. The molecule has 4 aromatic carbocycles. The molecule has 0 amide bonds. The Morgan fingerprint density at radius 3 is 1.51 bits per heavy atom. The number of anilines is 2. The first-order valence-corrected chi connectivity index (χ1v) is 12.1. The maximum atomic E-state index is 14.5. The van der Waals surface area contributed by atoms with Gasteiger partial charge in [-0.1, -0.05) is 42.0 Å². The number of carbonyl (C=O) groups is 1. The van der Waals surface area contributed by atoms with Gasteiger partial charge in [0.2, 0.25) is 5.41 Å². The Morgan fingerprint density at radius 2 is 1.10 bits per heavy atom. The lowest BCUT2D eigenvalue weighted by atomic mass is 9.72. The van der Waals surface area contributed by atoms with E-state index < -0.39 is 40.3 Å². The maximum Gasteiger partial charge on any atom is 0.411 e. The van der Waals surface area contributed by atoms with E-state index in [0.717, 1.165) is 17.7 Å². The van der Waals surface area contributed by atoms with E-state index in [4.69, 9.17) is 20.9 Å². The molecule has 0 radical (unpaired) electrons. The molecule has 4 rings (SSSR count). The van der Waals surface area contributed by atoms with Crippen molar-refractivity contribution in [2.75, 3.05) is 18.6 Å². The molecule has 0 bridgehead atoms. The first-order valence-electron chi connectivity index (χ1n) is 12.1. The van der Waals surface area contributed by atoms with E-state index in [-0.39, 0.29) is 23.0 Å². The SMILES string of the molecule is COc1ccc(C(c2ccc(Oc3ccc(C(=O)c4ccc(C)cc4)cc3)c(N)c2)(C(F)(F)F)C(F)(F)F)cc1N. The largest absolute Gasteiger partial charge is 0.495 e. The number of nitrogen functional groups attached to an aromatic ring is 2. The fraction of sp³-hybridized carbons (Fsp3) is 0.167. The third-order valence-electron chi connectivity index (χ3n) is 6.61. The number of hydrogen-bond donors (Lipinski definition) is 2. The minimum absolute atomic E-state index is 0.0816. The molecule has 0 fully saturated rings. The van der Waals surface area contributed by atoms with Gasteiger partial charge in [0, 0.05) is 11.1 Å². The minimum Gasteiger partial charge on any atom is -0.495 e. The topological polar surface area (TPSA) is 87.6 Å². The standard InChI is InChI=1S/C30H24F6N2O3/c1-17-3-5-18(6-4-17)27(39)19-7-11-22(12-8-19)41-26-14-10-21(16-24(26)38)28(29(31,32)33,30(34,35)36)20-9-13-25(40-2)23(37)15-20/h3-16H,37-38H2,1-2H3. The Labute approximate surface area is 231 Å². The van der Waals surface area contributed by atoms with Crippen LogP contribution in [0.15, 0.2) is 84.9 Å². The van der Waals surface area contributed by atoms with Crippen molar-refractivity contribution in [1.29, 1.82) is 0 Å². The van der Waals surface area contributed by atoms with Crippen LogP contribution in [-0.2, 0) is 5.41 Å². The van der Waals surface area contributed by atoms with Crippen molar-refractivity contribution in [1.82, 2.24) is 0 Å². The van der Waals surface area contributed by atoms with Crippen LogP contribution < -0.4 is 20.9 Å². The van der Waals surface area contributed by atoms with Crippen molar-refractivity contribution in [2.24, 2.45) is 0 Å². The zero-order valence-corrected chi connectivity index (χ0v) is 21.7. The van der Waals surface area contributed by atoms with Crippen molar-refractivity contribution in [3.8, 4) is 17.2 Å². The molecule has 4 aromatic rings. The first-order chi connectivity index (χ1) is 19.2. The first kappa shape index (κ1) is 29.3. The highest BCUT2D eigenvalue weighted by Crippen LogP contribution is 2.57. The average molecular weight is 575 g/mol. The van der Waals surface area contributed by atoms with Gasteiger partial charge in [-0.2, -0.15) is 26.3 Å². The van der Waals surface area contributed by atoms with E-state index in [0.29, 0.717) is 35.4 Å². The van der Waals surface area contributed by atoms with Crippen LogP contribution in [0.3, 0.4) is 0 Å². The van der Waals surface area contributed by atoms with Crippen LogP contribution in [0.2, 0.25) is 0 Å². The lowest BCUT2D eigenvalue weighted by molar-refractivity contribution is -0.288. The van der Waals surface area contributed by atoms with E-state index in [1.807, 2.05) is 6.92 Å². The summed E-state index contributed by atoms with van der Waals surface area (Å²) in [5.41, 5.74) is 5.75. The number of nitrogens with two attached hydrogens (primary N) is 2. The number of benzene rings is 4. The number of halogens is 6. The molecule has 0 aliphatic carbocycles. The molecular formula is C30H24F6N2O3. The molecule has 214 valence electrons. The van der Waals surface area contributed by atoms with Gasteiger partial charge in [-0.05, 0) is 66.6 Å². The van der Waals surface area contributed by atoms with Crippen LogP contribution in [0.4, 0.5) is 37.7 Å². The molecule has 0 atom stereocenters. The Balaban J connectivity index is 1.70. The van der Waals surface area contributed by atoms with Gasteiger partial charge in [-0.25, -0.2) is 0 Å². The van der Waals surface area contributed by atoms with Gasteiger partial charge in [0.25, 0.3) is 0 Å². The molecule has 0 saturated heterocycles. The molecule has 0 heterocycles. The molecule has 0 unspecified atom stereocenters. The van der Waals surface area contributed by atoms with Crippen molar-refractivity contribution < 1.29 is 40.6 Å². The van der Waals surface area contributed by atoms with Crippen molar-refractivity contribution in [3.05, 3.63) is 113 Å². The number of rotatable bonds is 7. The molecule has 0 spiro atoms. The normalized spacial score (nSPS) is 12.2. The van der Waals surface area contributed by atoms with Crippen molar-refractivity contribution in [3.63, 3.8) is 0 Å². The molecule has 4 N–H and O–H groups in total. The van der Waals surface area contributed by atoms with Gasteiger partial charge in [0.15, 0.2) is 5.78 Å². The highest BCUT2D eigenvalue weighted by molar-refractivity contribution is 6.09. The summed E-state index contributed by atoms with van der Waals surface area (Å²) in [7, 11) is 1.18. The fourth-order valence-electron chi connectivity index (χ4n) is 4.50. The summed E-state index contributed by atoms with van der Waals surface area (Å²) in [6.45, 7) is 1.89. The molecule has 41 heavy (non-hydrogen) atoms. The number of ketones is 1. The van der Waals surface area contributed by atoms with Gasteiger partial charge in [-0.3, -0.25) is 4.79 Å². The number of carbonyl (C=O) groups excluding carboxylic acids is 1. The predicted octanol–water partition coefficient (Wildman–Crippen LogP) is 7.60. The zero-order valence-electron chi connectivity index (χ0n) is 21.7. The summed E-state index contributed by atoms with van der Waals surface area (Å²) in [4.78, 5) is 12.7. The second-order valence-corrected chi connectivity index (χ2v) is 9.28. The summed E-state index contributed by atoms with van der Waals surface area (Å²) in [5.74, 6) is -0.346. The number of methoxy groups -OCH3 is 1. The van der Waals surface area contributed by atoms with E-state index >= 15 is 0 Å². The van der Waals surface area contributed by atoms with Crippen molar-refractivity contribution >= 4 is 17.2 Å². The summed E-state index contributed by atoms with van der Waals surface area (Å²) in [6.07, 6.45) is -11.7. The second kappa shape index (κ2) is 10.7. The summed E-state index contributed by atoms with van der Waals surface area (Å²) >= 11 is 0. The Bertz CT molecular complexity index is 1550. The van der Waals surface area contributed by atoms with Gasteiger partial charge < -0.3 is 20.9 Å². The Hall–Kier alpha value is -4.67. The lowest BCUT2D eigenvalue weighted by Crippen LogP contribution is -2.54. The molecule has 5 nitrogen and oxygen atoms in total. The smallest absolute Gasteiger partial charge is 0.411 e. The van der Waals surface area contributed by atoms with Crippen LogP contribution >= 0.6 is 0 Å². The quantitative estimate of drug-likeness (QED) is 0.135. The third kappa shape index (κ3) is 5.39. The number of ether oxygens (including phenoxy) is 2. The summed E-state index contributed by atoms with van der Waals surface area (Å²) < 4.78 is 97.4. The average Bonchev–Trinajstić information content (AvgIpc) is 2.89. The van der Waals surface area contributed by atoms with Crippen LogP contribution in [0.25, 0.3) is 0 Å². The molecule has 0 aliphatic rings. The van der Waals surface area contributed by atoms with Crippen LogP contribution in [-0.4, -0.2) is 25.2 Å². The van der Waals surface area contributed by atoms with E-state index in [1.54, 1.807) is 24.3 Å². The molecule has 0 aromatic heterocycles. The van der Waals surface area contributed by atoms with Gasteiger partial charge in [0.1, 0.15) is 17.2 Å². The van der Waals surface area contributed by atoms with Crippen LogP contribution in [0.1, 0.15) is 32.6 Å². The predicted molar refractivity (Wildman–Crippen MR) is 142 cm³/mol. The molecule has 11 heteroatoms. The van der Waals surface area contributed by atoms with Crippen LogP contribution in [0, 0.1) is 6.92 Å². The Morgan fingerprint density at radius 1 is 0.659 bits per heavy atom. The Kier molecular flexibility index (Phi) is 7.66.